The maximum absolute atomic E-state index is 8.52. The summed E-state index contributed by atoms with van der Waals surface area (Å²) in [4.78, 5) is 17.0. The Morgan fingerprint density at radius 2 is 1.33 bits per heavy atom. The van der Waals surface area contributed by atoms with E-state index in [0.717, 1.165) is 0 Å². The van der Waals surface area contributed by atoms with E-state index in [-0.39, 0.29) is 49.8 Å². The molecule has 0 amide bonds. The van der Waals surface area contributed by atoms with Crippen molar-refractivity contribution in [3.8, 4) is 0 Å². The quantitative estimate of drug-likeness (QED) is 0.412. The monoisotopic (exact) mass is 221 g/mol. The van der Waals surface area contributed by atoms with Gasteiger partial charge in [0.15, 0.2) is 0 Å². The van der Waals surface area contributed by atoms with Crippen molar-refractivity contribution in [2.45, 2.75) is 0 Å². The van der Waals surface area contributed by atoms with E-state index in [9.17, 15) is 0 Å². The first-order chi connectivity index (χ1) is 1.73. The largest absolute Gasteiger partial charge is 3.00 e. The van der Waals surface area contributed by atoms with Gasteiger partial charge in [-0.3, -0.25) is 0 Å². The molecule has 0 aromatic heterocycles. The first-order valence-electron chi connectivity index (χ1n) is 0.612. The fraction of sp³-hybridized carbons (Fsp3) is 0. The smallest absolute Gasteiger partial charge is 0.672 e. The van der Waals surface area contributed by atoms with E-state index in [0.29, 0.717) is 0 Å². The molecule has 0 aromatic rings. The molecule has 0 saturated carbocycles. The molecule has 0 rings (SSSR count). The second-order valence-corrected chi connectivity index (χ2v) is 0.750. The molecule has 0 unspecified atom stereocenters. The van der Waals surface area contributed by atoms with Crippen LogP contribution in [0.2, 0.25) is 0 Å². The fourth-order valence-electron chi connectivity index (χ4n) is 0. The predicted octanol–water partition coefficient (Wildman–Crippen LogP) is -2.88. The number of rotatable bonds is 0. The predicted molar refractivity (Wildman–Crippen MR) is 6.44 cm³/mol. The second kappa shape index (κ2) is 9.53. The molecule has 0 atom stereocenters. The van der Waals surface area contributed by atoms with Crippen LogP contribution in [0.1, 0.15) is 0 Å². The third-order valence-corrected chi connectivity index (χ3v) is 0. The molecule has 0 aliphatic rings. The summed E-state index contributed by atoms with van der Waals surface area (Å²) < 4.78 is 8.52. The Balaban J connectivity index is -0.0000000450. The van der Waals surface area contributed by atoms with Crippen LogP contribution in [0.3, 0.4) is 0 Å². The van der Waals surface area contributed by atoms with Crippen LogP contribution in [-0.2, 0) is 54.2 Å². The van der Waals surface area contributed by atoms with Gasteiger partial charge in [0.1, 0.15) is 0 Å². The van der Waals surface area contributed by atoms with Crippen LogP contribution in [0.15, 0.2) is 0 Å². The van der Waals surface area contributed by atoms with Crippen molar-refractivity contribution >= 4 is 9.17 Å². The zero-order chi connectivity index (χ0) is 3.58. The van der Waals surface area contributed by atoms with Crippen LogP contribution in [0.4, 0.5) is 0 Å². The van der Waals surface area contributed by atoms with Gasteiger partial charge in [0.05, 0.1) is 0 Å². The first kappa shape index (κ1) is 15.7. The van der Waals surface area contributed by atoms with Gasteiger partial charge in [-0.15, -0.1) is 0 Å². The van der Waals surface area contributed by atoms with Gasteiger partial charge in [-0.1, -0.05) is 0 Å². The molecule has 0 aliphatic carbocycles. The molecular formula is FeO3SiY+3. The maximum atomic E-state index is 8.52. The van der Waals surface area contributed by atoms with Gasteiger partial charge in [0.25, 0.3) is 0 Å². The van der Waals surface area contributed by atoms with Crippen molar-refractivity contribution in [3.63, 3.8) is 0 Å². The molecule has 30 valence electrons. The molecule has 0 aliphatic heterocycles. The van der Waals surface area contributed by atoms with E-state index >= 15 is 0 Å². The molecule has 0 fully saturated rings. The molecule has 6 heavy (non-hydrogen) atoms. The Labute approximate surface area is 72.4 Å². The summed E-state index contributed by atoms with van der Waals surface area (Å²) in [5.74, 6) is 0. The van der Waals surface area contributed by atoms with Crippen molar-refractivity contribution in [3.05, 3.63) is 0 Å². The summed E-state index contributed by atoms with van der Waals surface area (Å²) in [6.07, 6.45) is 0. The molecule has 0 heterocycles. The average molecular weight is 221 g/mol. The van der Waals surface area contributed by atoms with Gasteiger partial charge in [0, 0.05) is 9.17 Å². The van der Waals surface area contributed by atoms with Crippen LogP contribution in [0, 0.1) is 0 Å². The van der Waals surface area contributed by atoms with Gasteiger partial charge in [-0.05, 0) is 0 Å². The van der Waals surface area contributed by atoms with Crippen LogP contribution in [0.5, 0.6) is 0 Å². The Bertz CT molecular complexity index is 33.8. The first-order valence-corrected chi connectivity index (χ1v) is 1.84. The van der Waals surface area contributed by atoms with Gasteiger partial charge in [-0.2, -0.15) is 0 Å². The normalized spacial score (nSPS) is 4.00. The SMILES string of the molecule is O=[Si]([O-])[O-].[Fe+2].[Y+3]. The molecule has 3 nitrogen and oxygen atoms in total. The molecule has 0 N–H and O–H groups in total. The number of hydrogen-bond acceptors (Lipinski definition) is 3. The average Bonchev–Trinajstić information content (AvgIpc) is 0.811. The summed E-state index contributed by atoms with van der Waals surface area (Å²) in [7, 11) is -3.63. The number of hydrogen-bond donors (Lipinski definition) is 0. The summed E-state index contributed by atoms with van der Waals surface area (Å²) >= 11 is 0. The van der Waals surface area contributed by atoms with E-state index in [1.807, 2.05) is 0 Å². The molecule has 6 heteroatoms. The maximum Gasteiger partial charge on any atom is 3.00 e. The van der Waals surface area contributed by atoms with Gasteiger partial charge in [-0.25, -0.2) is 0 Å². The minimum atomic E-state index is -3.63. The van der Waals surface area contributed by atoms with Crippen LogP contribution < -0.4 is 9.59 Å². The Hall–Kier alpha value is 1.24. The van der Waals surface area contributed by atoms with Crippen molar-refractivity contribution in [2.24, 2.45) is 0 Å². The zero-order valence-electron chi connectivity index (χ0n) is 2.66. The van der Waals surface area contributed by atoms with E-state index in [1.165, 1.54) is 0 Å². The second-order valence-electron chi connectivity index (χ2n) is 0.250. The van der Waals surface area contributed by atoms with E-state index in [1.54, 1.807) is 0 Å². The van der Waals surface area contributed by atoms with Crippen molar-refractivity contribution in [2.75, 3.05) is 0 Å². The third kappa shape index (κ3) is 61.3. The van der Waals surface area contributed by atoms with Gasteiger partial charge < -0.3 is 14.1 Å². The van der Waals surface area contributed by atoms with Crippen molar-refractivity contribution in [1.82, 2.24) is 0 Å². The topological polar surface area (TPSA) is 63.2 Å². The van der Waals surface area contributed by atoms with Crippen LogP contribution >= 0.6 is 0 Å². The van der Waals surface area contributed by atoms with Crippen LogP contribution in [0.25, 0.3) is 0 Å². The Morgan fingerprint density at radius 3 is 1.33 bits per heavy atom. The molecule has 0 saturated heterocycles. The minimum Gasteiger partial charge on any atom is -0.672 e. The Morgan fingerprint density at radius 1 is 1.33 bits per heavy atom. The van der Waals surface area contributed by atoms with E-state index in [2.05, 4.69) is 0 Å². The zero-order valence-corrected chi connectivity index (χ0v) is 7.60. The summed E-state index contributed by atoms with van der Waals surface area (Å²) in [6.45, 7) is 0. The molecule has 0 radical (unpaired) electrons. The minimum absolute atomic E-state index is 0. The fourth-order valence-corrected chi connectivity index (χ4v) is 0. The van der Waals surface area contributed by atoms with Crippen molar-refractivity contribution in [1.29, 1.82) is 0 Å². The summed E-state index contributed by atoms with van der Waals surface area (Å²) in [5.41, 5.74) is 0. The summed E-state index contributed by atoms with van der Waals surface area (Å²) in [5, 5.41) is 0. The molecule has 0 bridgehead atoms. The molecule has 0 spiro atoms. The van der Waals surface area contributed by atoms with Crippen molar-refractivity contribution < 1.29 is 63.8 Å². The summed E-state index contributed by atoms with van der Waals surface area (Å²) in [6, 6.07) is 0. The molecular weight excluding hydrogens is 221 g/mol. The van der Waals surface area contributed by atoms with Gasteiger partial charge in [0.2, 0.25) is 0 Å². The standard InChI is InChI=1S/Fe.O3Si.Y/c;1-4(2)3;/q+2;-2;+3. The van der Waals surface area contributed by atoms with Crippen LogP contribution in [-0.4, -0.2) is 9.17 Å². The van der Waals surface area contributed by atoms with E-state index < -0.39 is 9.17 Å². The Kier molecular flexibility index (Phi) is 24.9. The van der Waals surface area contributed by atoms with Gasteiger partial charge >= 0.3 is 49.8 Å². The van der Waals surface area contributed by atoms with E-state index in [4.69, 9.17) is 14.1 Å². The third-order valence-electron chi connectivity index (χ3n) is 0. The molecule has 0 aromatic carbocycles.